The predicted octanol–water partition coefficient (Wildman–Crippen LogP) is 3.68. The van der Waals surface area contributed by atoms with Crippen LogP contribution in [0.1, 0.15) is 39.7 Å². The number of aliphatic imine (C=N–C) groups is 1. The van der Waals surface area contributed by atoms with Gasteiger partial charge in [-0.2, -0.15) is 0 Å². The van der Waals surface area contributed by atoms with Crippen molar-refractivity contribution in [2.45, 2.75) is 40.7 Å². The second kappa shape index (κ2) is 15.4. The Hall–Kier alpha value is -1.42. The van der Waals surface area contributed by atoms with Crippen LogP contribution in [-0.2, 0) is 11.3 Å². The summed E-state index contributed by atoms with van der Waals surface area (Å²) >= 11 is 6.32. The molecule has 0 aliphatic heterocycles. The number of rotatable bonds is 11. The topological polar surface area (TPSA) is 75.2 Å². The second-order valence-corrected chi connectivity index (χ2v) is 6.39. The third-order valence-corrected chi connectivity index (χ3v) is 4.37. The molecule has 0 aliphatic carbocycles. The fourth-order valence-corrected chi connectivity index (χ4v) is 2.97. The molecule has 0 aromatic heterocycles. The molecule has 0 heterocycles. The van der Waals surface area contributed by atoms with Gasteiger partial charge < -0.3 is 25.0 Å². The van der Waals surface area contributed by atoms with Gasteiger partial charge in [-0.15, -0.1) is 24.0 Å². The molecule has 0 radical (unpaired) electrons. The molecule has 1 aromatic rings. The van der Waals surface area contributed by atoms with Gasteiger partial charge in [0.05, 0.1) is 25.3 Å². The monoisotopic (exact) mass is 540 g/mol. The Morgan fingerprint density at radius 2 is 1.86 bits per heavy atom. The summed E-state index contributed by atoms with van der Waals surface area (Å²) < 4.78 is 10.9. The van der Waals surface area contributed by atoms with Crippen molar-refractivity contribution in [3.05, 3.63) is 22.7 Å². The van der Waals surface area contributed by atoms with Crippen molar-refractivity contribution in [1.29, 1.82) is 0 Å². The Balaban J connectivity index is 0.00000784. The third kappa shape index (κ3) is 9.29. The lowest BCUT2D eigenvalue weighted by atomic mass is 10.2. The number of benzene rings is 1. The van der Waals surface area contributed by atoms with Crippen LogP contribution in [0.3, 0.4) is 0 Å². The van der Waals surface area contributed by atoms with Crippen molar-refractivity contribution in [3.63, 3.8) is 0 Å². The molecule has 0 saturated carbocycles. The molecule has 9 heteroatoms. The highest BCUT2D eigenvalue weighted by Crippen LogP contribution is 2.36. The number of carbonyl (C=O) groups is 1. The first-order valence-electron chi connectivity index (χ1n) is 9.79. The summed E-state index contributed by atoms with van der Waals surface area (Å²) in [6.07, 6.45) is 0.425. The number of amides is 1. The molecule has 29 heavy (non-hydrogen) atoms. The predicted molar refractivity (Wildman–Crippen MR) is 130 cm³/mol. The number of ether oxygens (including phenoxy) is 2. The van der Waals surface area contributed by atoms with Crippen LogP contribution >= 0.6 is 35.6 Å². The van der Waals surface area contributed by atoms with Crippen LogP contribution < -0.4 is 20.1 Å². The molecule has 7 nitrogen and oxygen atoms in total. The number of halogens is 2. The normalized spacial score (nSPS) is 10.8. The molecule has 0 fully saturated rings. The number of guanidine groups is 1. The summed E-state index contributed by atoms with van der Waals surface area (Å²) in [5.74, 6) is 1.91. The van der Waals surface area contributed by atoms with E-state index in [4.69, 9.17) is 21.1 Å². The van der Waals surface area contributed by atoms with Crippen molar-refractivity contribution in [2.24, 2.45) is 4.99 Å². The summed E-state index contributed by atoms with van der Waals surface area (Å²) in [5.41, 5.74) is 0.904. The summed E-state index contributed by atoms with van der Waals surface area (Å²) in [5, 5.41) is 6.88. The van der Waals surface area contributed by atoms with Crippen LogP contribution in [0.25, 0.3) is 0 Å². The van der Waals surface area contributed by atoms with E-state index in [2.05, 4.69) is 15.6 Å². The highest BCUT2D eigenvalue weighted by Gasteiger charge is 2.12. The highest BCUT2D eigenvalue weighted by molar-refractivity contribution is 14.0. The Labute approximate surface area is 196 Å². The number of carbonyl (C=O) groups excluding carboxylic acids is 1. The van der Waals surface area contributed by atoms with Crippen LogP contribution in [0.5, 0.6) is 11.5 Å². The van der Waals surface area contributed by atoms with E-state index in [9.17, 15) is 4.79 Å². The number of nitrogens with one attached hydrogen (secondary N) is 2. The van der Waals surface area contributed by atoms with Gasteiger partial charge in [0, 0.05) is 32.6 Å². The first kappa shape index (κ1) is 27.6. The summed E-state index contributed by atoms with van der Waals surface area (Å²) in [4.78, 5) is 18.5. The quantitative estimate of drug-likeness (QED) is 0.254. The minimum atomic E-state index is 0. The van der Waals surface area contributed by atoms with E-state index in [1.165, 1.54) is 0 Å². The summed E-state index contributed by atoms with van der Waals surface area (Å²) in [6, 6.07) is 3.69. The second-order valence-electron chi connectivity index (χ2n) is 5.98. The lowest BCUT2D eigenvalue weighted by Gasteiger charge is -2.19. The van der Waals surface area contributed by atoms with E-state index in [0.717, 1.165) is 25.2 Å². The van der Waals surface area contributed by atoms with Gasteiger partial charge in [-0.25, -0.2) is 4.99 Å². The molecule has 1 rings (SSSR count). The Morgan fingerprint density at radius 1 is 1.17 bits per heavy atom. The van der Waals surface area contributed by atoms with E-state index in [1.54, 1.807) is 7.11 Å². The molecule has 0 atom stereocenters. The maximum absolute atomic E-state index is 12.1. The van der Waals surface area contributed by atoms with Gasteiger partial charge in [-0.05, 0) is 45.4 Å². The van der Waals surface area contributed by atoms with E-state index in [1.807, 2.05) is 44.7 Å². The maximum Gasteiger partial charge on any atom is 0.224 e. The lowest BCUT2D eigenvalue weighted by Crippen LogP contribution is -2.40. The number of hydrogen-bond acceptors (Lipinski definition) is 4. The first-order chi connectivity index (χ1) is 13.5. The van der Waals surface area contributed by atoms with E-state index in [-0.39, 0.29) is 29.9 Å². The van der Waals surface area contributed by atoms with Gasteiger partial charge in [0.25, 0.3) is 0 Å². The van der Waals surface area contributed by atoms with Crippen molar-refractivity contribution in [3.8, 4) is 11.5 Å². The zero-order chi connectivity index (χ0) is 20.9. The van der Waals surface area contributed by atoms with Gasteiger partial charge in [0.15, 0.2) is 17.5 Å². The first-order valence-corrected chi connectivity index (χ1v) is 10.2. The molecular formula is C20H34ClIN4O3. The van der Waals surface area contributed by atoms with Crippen LogP contribution in [0.15, 0.2) is 17.1 Å². The minimum Gasteiger partial charge on any atom is -0.493 e. The SMILES string of the molecule is CCNC(=NCc1cc(Cl)c(OCC)c(OC)c1)NCCC(=O)N(CC)CC.I. The van der Waals surface area contributed by atoms with Gasteiger partial charge in [0.2, 0.25) is 5.91 Å². The van der Waals surface area contributed by atoms with Crippen molar-refractivity contribution in [1.82, 2.24) is 15.5 Å². The third-order valence-electron chi connectivity index (χ3n) is 4.09. The molecular weight excluding hydrogens is 507 g/mol. The van der Waals surface area contributed by atoms with Gasteiger partial charge in [0.1, 0.15) is 0 Å². The van der Waals surface area contributed by atoms with E-state index < -0.39 is 0 Å². The molecule has 166 valence electrons. The molecule has 1 aromatic carbocycles. The zero-order valence-corrected chi connectivity index (χ0v) is 21.1. The Morgan fingerprint density at radius 3 is 2.41 bits per heavy atom. The molecule has 0 aliphatic rings. The summed E-state index contributed by atoms with van der Waals surface area (Å²) in [6.45, 7) is 11.5. The van der Waals surface area contributed by atoms with Gasteiger partial charge in [-0.3, -0.25) is 4.79 Å². The average Bonchev–Trinajstić information content (AvgIpc) is 2.68. The molecule has 1 amide bonds. The largest absolute Gasteiger partial charge is 0.493 e. The van der Waals surface area contributed by atoms with Gasteiger partial charge >= 0.3 is 0 Å². The van der Waals surface area contributed by atoms with E-state index in [0.29, 0.717) is 48.6 Å². The van der Waals surface area contributed by atoms with Crippen molar-refractivity contribution in [2.75, 3.05) is 39.9 Å². The summed E-state index contributed by atoms with van der Waals surface area (Å²) in [7, 11) is 1.58. The number of nitrogens with zero attached hydrogens (tertiary/aromatic N) is 2. The maximum atomic E-state index is 12.1. The lowest BCUT2D eigenvalue weighted by molar-refractivity contribution is -0.130. The highest BCUT2D eigenvalue weighted by atomic mass is 127. The molecule has 0 bridgehead atoms. The molecule has 2 N–H and O–H groups in total. The Bertz CT molecular complexity index is 655. The molecule has 0 saturated heterocycles. The number of methoxy groups -OCH3 is 1. The van der Waals surface area contributed by atoms with Gasteiger partial charge in [-0.1, -0.05) is 11.6 Å². The van der Waals surface area contributed by atoms with Crippen LogP contribution in [0.2, 0.25) is 5.02 Å². The average molecular weight is 541 g/mol. The van der Waals surface area contributed by atoms with E-state index >= 15 is 0 Å². The zero-order valence-electron chi connectivity index (χ0n) is 18.0. The van der Waals surface area contributed by atoms with Crippen LogP contribution in [0.4, 0.5) is 0 Å². The molecule has 0 unspecified atom stereocenters. The fraction of sp³-hybridized carbons (Fsp3) is 0.600. The fourth-order valence-electron chi connectivity index (χ4n) is 2.68. The minimum absolute atomic E-state index is 0. The smallest absolute Gasteiger partial charge is 0.224 e. The van der Waals surface area contributed by atoms with Crippen LogP contribution in [0, 0.1) is 0 Å². The van der Waals surface area contributed by atoms with Crippen molar-refractivity contribution < 1.29 is 14.3 Å². The Kier molecular flexibility index (Phi) is 14.7. The van der Waals surface area contributed by atoms with Crippen molar-refractivity contribution >= 4 is 47.4 Å². The standard InChI is InChI=1S/C20H33ClN4O3.HI/c1-6-22-20(23-11-10-18(26)25(7-2)8-3)24-14-15-12-16(21)19(28-9-4)17(13-15)27-5;/h12-13H,6-11,14H2,1-5H3,(H2,22,23,24);1H. The molecule has 0 spiro atoms. The number of hydrogen-bond donors (Lipinski definition) is 2. The van der Waals surface area contributed by atoms with Crippen LogP contribution in [-0.4, -0.2) is 56.7 Å².